The summed E-state index contributed by atoms with van der Waals surface area (Å²) in [4.78, 5) is 12.8. The highest BCUT2D eigenvalue weighted by Gasteiger charge is 2.33. The molecular formula is C21H21ClN2O5. The molecule has 1 aliphatic carbocycles. The van der Waals surface area contributed by atoms with Gasteiger partial charge in [0, 0.05) is 23.7 Å². The average molecular weight is 417 g/mol. The molecule has 0 radical (unpaired) electrons. The number of nitrogens with zero attached hydrogens (tertiary/aromatic N) is 2. The normalized spacial score (nSPS) is 12.3. The summed E-state index contributed by atoms with van der Waals surface area (Å²) in [5.41, 5.74) is 3.82. The predicted octanol–water partition coefficient (Wildman–Crippen LogP) is 4.14. The minimum atomic E-state index is -0.470. The van der Waals surface area contributed by atoms with Crippen molar-refractivity contribution in [2.75, 3.05) is 20.8 Å². The lowest BCUT2D eigenvalue weighted by Crippen LogP contribution is -2.15. The molecule has 0 bridgehead atoms. The smallest absolute Gasteiger partial charge is 0.356 e. The molecule has 0 N–H and O–H groups in total. The molecule has 2 heterocycles. The summed E-state index contributed by atoms with van der Waals surface area (Å²) in [6.07, 6.45) is 3.16. The molecule has 2 aromatic heterocycles. The molecule has 7 nitrogen and oxygen atoms in total. The van der Waals surface area contributed by atoms with Crippen LogP contribution in [0.25, 0.3) is 11.5 Å². The lowest BCUT2D eigenvalue weighted by atomic mass is 9.96. The first kappa shape index (κ1) is 19.4. The van der Waals surface area contributed by atoms with Gasteiger partial charge in [-0.05, 0) is 37.5 Å². The summed E-state index contributed by atoms with van der Waals surface area (Å²) in [7, 11) is 3.19. The van der Waals surface area contributed by atoms with Crippen LogP contribution >= 0.6 is 11.6 Å². The van der Waals surface area contributed by atoms with Crippen molar-refractivity contribution in [3.63, 3.8) is 0 Å². The molecule has 3 aromatic rings. The standard InChI is InChI=1S/C21H21ClN2O5/c1-4-28-21(25)19-17(22)16-6-5-13-10-23-29-20(13)18(16)24(19)11-12-7-14(26-2)9-15(8-12)27-3/h7-10H,4-6,11H2,1-3H3. The van der Waals surface area contributed by atoms with Gasteiger partial charge < -0.3 is 23.3 Å². The van der Waals surface area contributed by atoms with Crippen LogP contribution in [0.15, 0.2) is 28.9 Å². The van der Waals surface area contributed by atoms with Crippen molar-refractivity contribution in [3.8, 4) is 23.0 Å². The molecule has 0 spiro atoms. The van der Waals surface area contributed by atoms with Gasteiger partial charge in [0.05, 0.1) is 37.7 Å². The lowest BCUT2D eigenvalue weighted by molar-refractivity contribution is 0.0515. The van der Waals surface area contributed by atoms with Crippen LogP contribution in [0, 0.1) is 0 Å². The Morgan fingerprint density at radius 3 is 2.59 bits per heavy atom. The fourth-order valence-corrected chi connectivity index (χ4v) is 4.08. The van der Waals surface area contributed by atoms with Gasteiger partial charge in [0.1, 0.15) is 17.2 Å². The van der Waals surface area contributed by atoms with Crippen LogP contribution in [-0.4, -0.2) is 36.5 Å². The Balaban J connectivity index is 1.89. The van der Waals surface area contributed by atoms with Crippen LogP contribution in [0.2, 0.25) is 5.02 Å². The molecule has 8 heteroatoms. The zero-order chi connectivity index (χ0) is 20.5. The van der Waals surface area contributed by atoms with Crippen LogP contribution in [0.1, 0.15) is 34.1 Å². The second-order valence-corrected chi connectivity index (χ2v) is 7.08. The molecule has 0 saturated heterocycles. The zero-order valence-electron chi connectivity index (χ0n) is 16.5. The van der Waals surface area contributed by atoms with Crippen LogP contribution in [0.4, 0.5) is 0 Å². The first-order chi connectivity index (χ1) is 14.1. The molecular weight excluding hydrogens is 396 g/mol. The van der Waals surface area contributed by atoms with Crippen LogP contribution in [-0.2, 0) is 24.1 Å². The summed E-state index contributed by atoms with van der Waals surface area (Å²) in [6.45, 7) is 2.38. The highest BCUT2D eigenvalue weighted by Crippen LogP contribution is 2.42. The molecule has 29 heavy (non-hydrogen) atoms. The minimum Gasteiger partial charge on any atom is -0.497 e. The van der Waals surface area contributed by atoms with E-state index in [0.29, 0.717) is 40.9 Å². The average Bonchev–Trinajstić information content (AvgIpc) is 3.30. The first-order valence-corrected chi connectivity index (χ1v) is 9.69. The number of hydrogen-bond donors (Lipinski definition) is 0. The van der Waals surface area contributed by atoms with Crippen molar-refractivity contribution in [2.45, 2.75) is 26.3 Å². The molecule has 0 fully saturated rings. The maximum absolute atomic E-state index is 12.8. The number of esters is 1. The maximum atomic E-state index is 12.8. The first-order valence-electron chi connectivity index (χ1n) is 9.31. The van der Waals surface area contributed by atoms with E-state index >= 15 is 0 Å². The number of carbonyl (C=O) groups excluding carboxylic acids is 1. The number of ether oxygens (including phenoxy) is 3. The largest absolute Gasteiger partial charge is 0.497 e. The van der Waals surface area contributed by atoms with Gasteiger partial charge in [-0.3, -0.25) is 0 Å². The number of methoxy groups -OCH3 is 2. The molecule has 0 atom stereocenters. The van der Waals surface area contributed by atoms with Crippen molar-refractivity contribution in [1.29, 1.82) is 0 Å². The third-order valence-electron chi connectivity index (χ3n) is 5.02. The quantitative estimate of drug-likeness (QED) is 0.562. The fourth-order valence-electron chi connectivity index (χ4n) is 3.72. The van der Waals surface area contributed by atoms with Gasteiger partial charge in [0.15, 0.2) is 5.76 Å². The second kappa shape index (κ2) is 7.83. The van der Waals surface area contributed by atoms with Crippen LogP contribution in [0.3, 0.4) is 0 Å². The van der Waals surface area contributed by atoms with E-state index in [-0.39, 0.29) is 6.61 Å². The summed E-state index contributed by atoms with van der Waals surface area (Å²) >= 11 is 6.66. The van der Waals surface area contributed by atoms with E-state index in [2.05, 4.69) is 5.16 Å². The Kier molecular flexibility index (Phi) is 5.24. The van der Waals surface area contributed by atoms with E-state index in [1.54, 1.807) is 33.4 Å². The zero-order valence-corrected chi connectivity index (χ0v) is 17.2. The lowest BCUT2D eigenvalue weighted by Gasteiger charge is -2.16. The maximum Gasteiger partial charge on any atom is 0.356 e. The van der Waals surface area contributed by atoms with Gasteiger partial charge in [0.2, 0.25) is 0 Å². The topological polar surface area (TPSA) is 75.7 Å². The number of aromatic nitrogens is 2. The summed E-state index contributed by atoms with van der Waals surface area (Å²) in [5.74, 6) is 1.48. The highest BCUT2D eigenvalue weighted by molar-refractivity contribution is 6.34. The third-order valence-corrected chi connectivity index (χ3v) is 5.43. The number of carbonyl (C=O) groups is 1. The van der Waals surface area contributed by atoms with E-state index in [0.717, 1.165) is 28.8 Å². The third kappa shape index (κ3) is 3.35. The summed E-state index contributed by atoms with van der Waals surface area (Å²) < 4.78 is 23.4. The Morgan fingerprint density at radius 1 is 1.21 bits per heavy atom. The van der Waals surface area contributed by atoms with Crippen LogP contribution < -0.4 is 9.47 Å². The molecule has 1 aliphatic rings. The van der Waals surface area contributed by atoms with Crippen molar-refractivity contribution < 1.29 is 23.5 Å². The van der Waals surface area contributed by atoms with E-state index < -0.39 is 5.97 Å². The van der Waals surface area contributed by atoms with Gasteiger partial charge in [-0.25, -0.2) is 4.79 Å². The van der Waals surface area contributed by atoms with Gasteiger partial charge in [0.25, 0.3) is 0 Å². The number of rotatable bonds is 6. The Labute approximate surface area is 173 Å². The Morgan fingerprint density at radius 2 is 1.93 bits per heavy atom. The van der Waals surface area contributed by atoms with E-state index in [1.165, 1.54) is 0 Å². The highest BCUT2D eigenvalue weighted by atomic mass is 35.5. The molecule has 0 saturated carbocycles. The molecule has 0 amide bonds. The van der Waals surface area contributed by atoms with Crippen molar-refractivity contribution in [3.05, 3.63) is 51.8 Å². The molecule has 4 rings (SSSR count). The summed E-state index contributed by atoms with van der Waals surface area (Å²) in [5, 5.41) is 4.34. The van der Waals surface area contributed by atoms with Crippen molar-refractivity contribution in [2.24, 2.45) is 0 Å². The molecule has 1 aromatic carbocycles. The number of benzene rings is 1. The van der Waals surface area contributed by atoms with E-state index in [9.17, 15) is 4.79 Å². The Hall–Kier alpha value is -2.93. The molecule has 0 aliphatic heterocycles. The summed E-state index contributed by atoms with van der Waals surface area (Å²) in [6, 6.07) is 5.58. The number of hydrogen-bond acceptors (Lipinski definition) is 6. The molecule has 152 valence electrons. The predicted molar refractivity (Wildman–Crippen MR) is 107 cm³/mol. The van der Waals surface area contributed by atoms with Crippen molar-refractivity contribution in [1.82, 2.24) is 9.72 Å². The van der Waals surface area contributed by atoms with Gasteiger partial charge in [-0.1, -0.05) is 16.8 Å². The van der Waals surface area contributed by atoms with Crippen molar-refractivity contribution >= 4 is 17.6 Å². The van der Waals surface area contributed by atoms with Gasteiger partial charge in [-0.15, -0.1) is 0 Å². The second-order valence-electron chi connectivity index (χ2n) is 6.70. The monoisotopic (exact) mass is 416 g/mol. The van der Waals surface area contributed by atoms with Gasteiger partial charge in [-0.2, -0.15) is 0 Å². The molecule has 0 unspecified atom stereocenters. The van der Waals surface area contributed by atoms with E-state index in [4.69, 9.17) is 30.3 Å². The fraction of sp³-hybridized carbons (Fsp3) is 0.333. The minimum absolute atomic E-state index is 0.256. The van der Waals surface area contributed by atoms with Gasteiger partial charge >= 0.3 is 5.97 Å². The van der Waals surface area contributed by atoms with E-state index in [1.807, 2.05) is 16.7 Å². The number of halogens is 1. The SMILES string of the molecule is CCOC(=O)c1c(Cl)c2c(n1Cc1cc(OC)cc(OC)c1)-c1oncc1CC2. The Bertz CT molecular complexity index is 1050. The number of aryl methyl sites for hydroxylation is 1. The van der Waals surface area contributed by atoms with Crippen LogP contribution in [0.5, 0.6) is 11.5 Å². The number of fused-ring (bicyclic) bond motifs is 3.